The third-order valence-corrected chi connectivity index (χ3v) is 2.55. The molecule has 0 amide bonds. The van der Waals surface area contributed by atoms with Gasteiger partial charge in [0.2, 0.25) is 0 Å². The first-order valence-corrected chi connectivity index (χ1v) is 6.97. The minimum Gasteiger partial charge on any atom is -0.508 e. The average molecular weight is 251 g/mol. The number of hydrogen-bond acceptors (Lipinski definition) is 2. The summed E-state index contributed by atoms with van der Waals surface area (Å²) in [5.41, 5.74) is 0. The highest BCUT2D eigenvalue weighted by Crippen LogP contribution is 2.02. The van der Waals surface area contributed by atoms with Gasteiger partial charge in [0.25, 0.3) is 0 Å². The fourth-order valence-corrected chi connectivity index (χ4v) is 1.33. The van der Waals surface area contributed by atoms with Gasteiger partial charge in [0.15, 0.2) is 0 Å². The van der Waals surface area contributed by atoms with E-state index in [2.05, 4.69) is 33.0 Å². The number of rotatable bonds is 6. The summed E-state index contributed by atoms with van der Waals surface area (Å²) in [5, 5.41) is 12.1. The standard InChI is InChI=1S/C10H23N.C6H6O/c1-9(2)5-7-11-8-6-10(3)4;7-6-4-2-1-3-5-6/h9-11H,5-8H2,1-4H3;1-5,7H. The number of phenolic OH excluding ortho intramolecular Hbond substituents is 1. The maximum atomic E-state index is 8.63. The van der Waals surface area contributed by atoms with Crippen LogP contribution in [0.1, 0.15) is 40.5 Å². The second-order valence-electron chi connectivity index (χ2n) is 5.45. The molecule has 0 heterocycles. The van der Waals surface area contributed by atoms with Gasteiger partial charge in [0.05, 0.1) is 0 Å². The predicted molar refractivity (Wildman–Crippen MR) is 79.9 cm³/mol. The molecule has 0 saturated heterocycles. The number of aromatic hydroxyl groups is 1. The lowest BCUT2D eigenvalue weighted by atomic mass is 10.1. The van der Waals surface area contributed by atoms with Crippen LogP contribution in [-0.2, 0) is 0 Å². The smallest absolute Gasteiger partial charge is 0.115 e. The van der Waals surface area contributed by atoms with Crippen LogP contribution in [0.25, 0.3) is 0 Å². The monoisotopic (exact) mass is 251 g/mol. The van der Waals surface area contributed by atoms with Crippen LogP contribution in [-0.4, -0.2) is 18.2 Å². The largest absolute Gasteiger partial charge is 0.508 e. The van der Waals surface area contributed by atoms with Gasteiger partial charge in [-0.1, -0.05) is 45.9 Å². The van der Waals surface area contributed by atoms with Gasteiger partial charge in [-0.15, -0.1) is 0 Å². The lowest BCUT2D eigenvalue weighted by Gasteiger charge is -2.07. The quantitative estimate of drug-likeness (QED) is 0.747. The zero-order valence-electron chi connectivity index (χ0n) is 12.3. The fraction of sp³-hybridized carbons (Fsp3) is 0.625. The highest BCUT2D eigenvalue weighted by molar-refractivity contribution is 5.18. The van der Waals surface area contributed by atoms with Crippen molar-refractivity contribution in [2.45, 2.75) is 40.5 Å². The van der Waals surface area contributed by atoms with Crippen LogP contribution in [0.15, 0.2) is 30.3 Å². The first kappa shape index (κ1) is 17.0. The second kappa shape index (κ2) is 11.1. The molecule has 0 bridgehead atoms. The molecule has 0 spiro atoms. The van der Waals surface area contributed by atoms with Crippen LogP contribution in [0.2, 0.25) is 0 Å². The lowest BCUT2D eigenvalue weighted by molar-refractivity contribution is 0.475. The van der Waals surface area contributed by atoms with E-state index in [9.17, 15) is 0 Å². The van der Waals surface area contributed by atoms with Crippen molar-refractivity contribution >= 4 is 0 Å². The highest BCUT2D eigenvalue weighted by atomic mass is 16.3. The molecule has 0 atom stereocenters. The number of phenols is 1. The summed E-state index contributed by atoms with van der Waals surface area (Å²) in [4.78, 5) is 0. The van der Waals surface area contributed by atoms with E-state index < -0.39 is 0 Å². The van der Waals surface area contributed by atoms with E-state index in [1.165, 1.54) is 25.9 Å². The van der Waals surface area contributed by atoms with Gasteiger partial charge in [-0.2, -0.15) is 0 Å². The van der Waals surface area contributed by atoms with E-state index in [-0.39, 0.29) is 0 Å². The topological polar surface area (TPSA) is 32.3 Å². The third-order valence-electron chi connectivity index (χ3n) is 2.55. The minimum absolute atomic E-state index is 0.322. The molecule has 0 aliphatic heterocycles. The van der Waals surface area contributed by atoms with Crippen LogP contribution in [0.5, 0.6) is 5.75 Å². The summed E-state index contributed by atoms with van der Waals surface area (Å²) in [6.45, 7) is 11.4. The van der Waals surface area contributed by atoms with Crippen LogP contribution >= 0.6 is 0 Å². The Morgan fingerprint density at radius 3 is 1.61 bits per heavy atom. The van der Waals surface area contributed by atoms with Crippen molar-refractivity contribution in [2.24, 2.45) is 11.8 Å². The predicted octanol–water partition coefficient (Wildman–Crippen LogP) is 4.06. The van der Waals surface area contributed by atoms with Crippen LogP contribution < -0.4 is 5.32 Å². The van der Waals surface area contributed by atoms with E-state index in [0.29, 0.717) is 5.75 Å². The molecule has 104 valence electrons. The van der Waals surface area contributed by atoms with Gasteiger partial charge in [-0.3, -0.25) is 0 Å². The molecule has 0 radical (unpaired) electrons. The maximum Gasteiger partial charge on any atom is 0.115 e. The molecular formula is C16H29NO. The summed E-state index contributed by atoms with van der Waals surface area (Å²) < 4.78 is 0. The molecule has 0 aliphatic carbocycles. The molecule has 0 aromatic heterocycles. The summed E-state index contributed by atoms with van der Waals surface area (Å²) in [5.74, 6) is 1.99. The Balaban J connectivity index is 0.000000351. The lowest BCUT2D eigenvalue weighted by Crippen LogP contribution is -2.19. The van der Waals surface area contributed by atoms with Gasteiger partial charge in [0.1, 0.15) is 5.75 Å². The molecule has 0 unspecified atom stereocenters. The van der Waals surface area contributed by atoms with Gasteiger partial charge in [-0.05, 0) is 49.9 Å². The van der Waals surface area contributed by atoms with Gasteiger partial charge < -0.3 is 10.4 Å². The van der Waals surface area contributed by atoms with Crippen molar-refractivity contribution in [3.05, 3.63) is 30.3 Å². The minimum atomic E-state index is 0.322. The van der Waals surface area contributed by atoms with Crippen molar-refractivity contribution < 1.29 is 5.11 Å². The molecule has 1 aromatic carbocycles. The van der Waals surface area contributed by atoms with E-state index in [1.807, 2.05) is 6.07 Å². The Morgan fingerprint density at radius 1 is 0.889 bits per heavy atom. The van der Waals surface area contributed by atoms with Crippen molar-refractivity contribution in [2.75, 3.05) is 13.1 Å². The van der Waals surface area contributed by atoms with Crippen LogP contribution in [0, 0.1) is 11.8 Å². The molecule has 2 heteroatoms. The number of hydrogen-bond donors (Lipinski definition) is 2. The summed E-state index contributed by atoms with van der Waals surface area (Å²) in [6.07, 6.45) is 2.61. The molecule has 1 rings (SSSR count). The summed E-state index contributed by atoms with van der Waals surface area (Å²) in [7, 11) is 0. The van der Waals surface area contributed by atoms with E-state index >= 15 is 0 Å². The van der Waals surface area contributed by atoms with E-state index in [4.69, 9.17) is 5.11 Å². The first-order chi connectivity index (χ1) is 8.52. The zero-order chi connectivity index (χ0) is 13.8. The third kappa shape index (κ3) is 13.0. The van der Waals surface area contributed by atoms with Crippen molar-refractivity contribution in [3.63, 3.8) is 0 Å². The summed E-state index contributed by atoms with van der Waals surface area (Å²) in [6, 6.07) is 8.71. The molecule has 2 N–H and O–H groups in total. The van der Waals surface area contributed by atoms with Gasteiger partial charge >= 0.3 is 0 Å². The Kier molecular flexibility index (Phi) is 10.5. The normalized spacial score (nSPS) is 10.3. The van der Waals surface area contributed by atoms with E-state index in [0.717, 1.165) is 11.8 Å². The fourth-order valence-electron chi connectivity index (χ4n) is 1.33. The number of nitrogens with one attached hydrogen (secondary N) is 1. The average Bonchev–Trinajstić information content (AvgIpc) is 2.29. The van der Waals surface area contributed by atoms with Crippen molar-refractivity contribution in [1.82, 2.24) is 5.32 Å². The maximum absolute atomic E-state index is 8.63. The molecule has 0 fully saturated rings. The number of benzene rings is 1. The van der Waals surface area contributed by atoms with Gasteiger partial charge in [-0.25, -0.2) is 0 Å². The molecule has 2 nitrogen and oxygen atoms in total. The van der Waals surface area contributed by atoms with Crippen molar-refractivity contribution in [3.8, 4) is 5.75 Å². The van der Waals surface area contributed by atoms with Gasteiger partial charge in [0, 0.05) is 0 Å². The number of para-hydroxylation sites is 1. The van der Waals surface area contributed by atoms with Crippen LogP contribution in [0.4, 0.5) is 0 Å². The molecule has 0 saturated carbocycles. The second-order valence-corrected chi connectivity index (χ2v) is 5.45. The summed E-state index contributed by atoms with van der Waals surface area (Å²) >= 11 is 0. The zero-order valence-corrected chi connectivity index (χ0v) is 12.3. The Hall–Kier alpha value is -1.02. The molecule has 18 heavy (non-hydrogen) atoms. The molecular weight excluding hydrogens is 222 g/mol. The first-order valence-electron chi connectivity index (χ1n) is 6.97. The Bertz CT molecular complexity index is 260. The SMILES string of the molecule is CC(C)CCNCCC(C)C.Oc1ccccc1. The van der Waals surface area contributed by atoms with Crippen molar-refractivity contribution in [1.29, 1.82) is 0 Å². The Morgan fingerprint density at radius 2 is 1.33 bits per heavy atom. The van der Waals surface area contributed by atoms with Crippen LogP contribution in [0.3, 0.4) is 0 Å². The molecule has 1 aromatic rings. The Labute approximate surface area is 112 Å². The highest BCUT2D eigenvalue weighted by Gasteiger charge is 1.94. The van der Waals surface area contributed by atoms with E-state index in [1.54, 1.807) is 24.3 Å². The molecule has 0 aliphatic rings.